The lowest BCUT2D eigenvalue weighted by atomic mass is 9.89. The molecule has 1 saturated carbocycles. The van der Waals surface area contributed by atoms with Crippen LogP contribution in [0.15, 0.2) is 23.0 Å². The first-order chi connectivity index (χ1) is 17.1. The highest BCUT2D eigenvalue weighted by molar-refractivity contribution is 6.31. The molecule has 2 aromatic rings. The monoisotopic (exact) mass is 516 g/mol. The quantitative estimate of drug-likeness (QED) is 0.526. The molecule has 0 radical (unpaired) electrons. The second kappa shape index (κ2) is 12.3. The van der Waals surface area contributed by atoms with Gasteiger partial charge in [0, 0.05) is 59.2 Å². The van der Waals surface area contributed by atoms with E-state index in [4.69, 9.17) is 11.6 Å². The lowest BCUT2D eigenvalue weighted by molar-refractivity contribution is 0.0950. The summed E-state index contributed by atoms with van der Waals surface area (Å²) < 4.78 is 1.54. The molecule has 3 rings (SSSR count). The molecule has 0 bridgehead atoms. The van der Waals surface area contributed by atoms with Crippen LogP contribution in [-0.2, 0) is 13.1 Å². The molecule has 1 heterocycles. The Morgan fingerprint density at radius 3 is 2.33 bits per heavy atom. The van der Waals surface area contributed by atoms with Crippen LogP contribution in [0.1, 0.15) is 65.3 Å². The van der Waals surface area contributed by atoms with E-state index < -0.39 is 0 Å². The molecule has 8 heteroatoms. The van der Waals surface area contributed by atoms with Crippen LogP contribution in [0, 0.1) is 20.8 Å². The van der Waals surface area contributed by atoms with E-state index in [0.29, 0.717) is 28.2 Å². The number of pyridine rings is 1. The predicted octanol–water partition coefficient (Wildman–Crippen LogP) is 4.05. The summed E-state index contributed by atoms with van der Waals surface area (Å²) in [4.78, 5) is 31.0. The number of carbonyl (C=O) groups excluding carboxylic acids is 1. The van der Waals surface area contributed by atoms with E-state index in [1.54, 1.807) is 10.6 Å². The summed E-state index contributed by atoms with van der Waals surface area (Å²) in [7, 11) is 4.29. The van der Waals surface area contributed by atoms with E-state index in [9.17, 15) is 14.7 Å². The van der Waals surface area contributed by atoms with Gasteiger partial charge in [0.25, 0.3) is 11.5 Å². The average Bonchev–Trinajstić information content (AvgIpc) is 2.84. The van der Waals surface area contributed by atoms with E-state index in [0.717, 1.165) is 54.7 Å². The van der Waals surface area contributed by atoms with E-state index in [2.05, 4.69) is 36.1 Å². The van der Waals surface area contributed by atoms with Crippen molar-refractivity contribution < 1.29 is 9.90 Å². The van der Waals surface area contributed by atoms with Gasteiger partial charge in [0.2, 0.25) is 0 Å². The maximum absolute atomic E-state index is 13.3. The Balaban J connectivity index is 1.83. The zero-order chi connectivity index (χ0) is 26.6. The minimum absolute atomic E-state index is 0.114. The molecule has 1 fully saturated rings. The van der Waals surface area contributed by atoms with E-state index in [1.165, 1.54) is 0 Å². The first-order valence-corrected chi connectivity index (χ1v) is 13.3. The zero-order valence-electron chi connectivity index (χ0n) is 22.5. The van der Waals surface area contributed by atoms with Gasteiger partial charge in [-0.1, -0.05) is 11.6 Å². The summed E-state index contributed by atoms with van der Waals surface area (Å²) in [6, 6.07) is 6.62. The van der Waals surface area contributed by atoms with Gasteiger partial charge in [-0.25, -0.2) is 0 Å². The normalized spacial score (nSPS) is 17.9. The van der Waals surface area contributed by atoms with Crippen LogP contribution < -0.4 is 15.8 Å². The van der Waals surface area contributed by atoms with Crippen molar-refractivity contribution in [1.82, 2.24) is 14.8 Å². The molecule has 1 aromatic heterocycles. The fourth-order valence-corrected chi connectivity index (χ4v) is 5.75. The highest BCUT2D eigenvalue weighted by Crippen LogP contribution is 2.34. The minimum Gasteiger partial charge on any atom is -0.395 e. The van der Waals surface area contributed by atoms with Gasteiger partial charge < -0.3 is 24.8 Å². The molecule has 1 aliphatic carbocycles. The fourth-order valence-electron chi connectivity index (χ4n) is 5.54. The number of hydrogen-bond acceptors (Lipinski definition) is 5. The molecule has 1 aliphatic rings. The molecule has 1 amide bonds. The van der Waals surface area contributed by atoms with E-state index in [-0.39, 0.29) is 31.2 Å². The number of benzene rings is 1. The molecule has 36 heavy (non-hydrogen) atoms. The molecule has 0 atom stereocenters. The molecule has 7 nitrogen and oxygen atoms in total. The fraction of sp³-hybridized carbons (Fsp3) is 0.571. The van der Waals surface area contributed by atoms with Crippen LogP contribution in [0.3, 0.4) is 0 Å². The van der Waals surface area contributed by atoms with Gasteiger partial charge in [-0.3, -0.25) is 9.59 Å². The van der Waals surface area contributed by atoms with Crippen LogP contribution in [0.25, 0.3) is 0 Å². The highest BCUT2D eigenvalue weighted by Gasteiger charge is 2.28. The number of anilines is 1. The molecule has 0 spiro atoms. The summed E-state index contributed by atoms with van der Waals surface area (Å²) in [5, 5.41) is 12.8. The van der Waals surface area contributed by atoms with Crippen LogP contribution in [0.2, 0.25) is 5.02 Å². The van der Waals surface area contributed by atoms with Crippen LogP contribution in [0.5, 0.6) is 0 Å². The van der Waals surface area contributed by atoms with Crippen molar-refractivity contribution in [3.63, 3.8) is 0 Å². The first-order valence-electron chi connectivity index (χ1n) is 12.9. The van der Waals surface area contributed by atoms with Crippen molar-refractivity contribution in [1.29, 1.82) is 0 Å². The Morgan fingerprint density at radius 1 is 1.11 bits per heavy atom. The standard InChI is InChI=1S/C28H41ClN4O3/c1-7-32(23-10-8-22(9-11-23)31(5)6)26-16-21(29)15-24(20(26)4)27(35)30-17-25-18(2)14-19(3)33(12-13-34)28(25)36/h14-16,22-23,34H,7-13,17H2,1-6H3,(H,30,35). The first kappa shape index (κ1) is 28.2. The van der Waals surface area contributed by atoms with Crippen LogP contribution in [-0.4, -0.2) is 59.8 Å². The van der Waals surface area contributed by atoms with Gasteiger partial charge >= 0.3 is 0 Å². The van der Waals surface area contributed by atoms with Crippen molar-refractivity contribution in [3.05, 3.63) is 61.5 Å². The summed E-state index contributed by atoms with van der Waals surface area (Å²) in [6.45, 7) is 8.89. The summed E-state index contributed by atoms with van der Waals surface area (Å²) in [5.41, 5.74) is 4.37. The molecule has 0 unspecified atom stereocenters. The second-order valence-corrected chi connectivity index (χ2v) is 10.6. The Labute approximate surface area is 220 Å². The number of aromatic nitrogens is 1. The van der Waals surface area contributed by atoms with Gasteiger partial charge in [-0.05, 0) is 96.8 Å². The van der Waals surface area contributed by atoms with Crippen LogP contribution >= 0.6 is 11.6 Å². The number of hydrogen-bond donors (Lipinski definition) is 2. The largest absolute Gasteiger partial charge is 0.395 e. The summed E-state index contributed by atoms with van der Waals surface area (Å²) in [6.07, 6.45) is 4.53. The number of aliphatic hydroxyl groups is 1. The Morgan fingerprint density at radius 2 is 1.75 bits per heavy atom. The maximum atomic E-state index is 13.3. The summed E-state index contributed by atoms with van der Waals surface area (Å²) >= 11 is 6.52. The van der Waals surface area contributed by atoms with Crippen molar-refractivity contribution in [3.8, 4) is 0 Å². The minimum atomic E-state index is -0.253. The third-order valence-electron chi connectivity index (χ3n) is 7.66. The number of carbonyl (C=O) groups is 1. The number of aryl methyl sites for hydroxylation is 2. The van der Waals surface area contributed by atoms with Crippen molar-refractivity contribution in [2.24, 2.45) is 0 Å². The Bertz CT molecular complexity index is 1140. The second-order valence-electron chi connectivity index (χ2n) is 10.1. The molecular formula is C28H41ClN4O3. The van der Waals surface area contributed by atoms with Crippen molar-refractivity contribution in [2.45, 2.75) is 78.6 Å². The Kier molecular flexibility index (Phi) is 9.61. The predicted molar refractivity (Wildman–Crippen MR) is 147 cm³/mol. The SMILES string of the molecule is CCN(c1cc(Cl)cc(C(=O)NCc2c(C)cc(C)n(CCO)c2=O)c1C)C1CCC(N(C)C)CC1. The maximum Gasteiger partial charge on any atom is 0.256 e. The summed E-state index contributed by atoms with van der Waals surface area (Å²) in [5.74, 6) is -0.253. The van der Waals surface area contributed by atoms with Gasteiger partial charge in [0.15, 0.2) is 0 Å². The van der Waals surface area contributed by atoms with Crippen molar-refractivity contribution in [2.75, 3.05) is 32.1 Å². The topological polar surface area (TPSA) is 77.8 Å². The molecule has 2 N–H and O–H groups in total. The third-order valence-corrected chi connectivity index (χ3v) is 7.88. The number of nitrogens with one attached hydrogen (secondary N) is 1. The number of nitrogens with zero attached hydrogens (tertiary/aromatic N) is 3. The number of aliphatic hydroxyl groups excluding tert-OH is 1. The van der Waals surface area contributed by atoms with Gasteiger partial charge in [-0.15, -0.1) is 0 Å². The molecular weight excluding hydrogens is 476 g/mol. The molecule has 1 aromatic carbocycles. The molecule has 0 aliphatic heterocycles. The smallest absolute Gasteiger partial charge is 0.256 e. The number of halogens is 1. The zero-order valence-corrected chi connectivity index (χ0v) is 23.3. The molecule has 0 saturated heterocycles. The average molecular weight is 517 g/mol. The number of amides is 1. The van der Waals surface area contributed by atoms with E-state index >= 15 is 0 Å². The van der Waals surface area contributed by atoms with Crippen LogP contribution in [0.4, 0.5) is 5.69 Å². The lowest BCUT2D eigenvalue weighted by Crippen LogP contribution is -2.42. The highest BCUT2D eigenvalue weighted by atomic mass is 35.5. The van der Waals surface area contributed by atoms with Gasteiger partial charge in [-0.2, -0.15) is 0 Å². The van der Waals surface area contributed by atoms with Crippen molar-refractivity contribution >= 4 is 23.2 Å². The third kappa shape index (κ3) is 6.13. The Hall–Kier alpha value is -2.35. The lowest BCUT2D eigenvalue weighted by Gasteiger charge is -2.40. The van der Waals surface area contributed by atoms with Gasteiger partial charge in [0.1, 0.15) is 0 Å². The molecule has 198 valence electrons. The van der Waals surface area contributed by atoms with Gasteiger partial charge in [0.05, 0.1) is 6.61 Å². The number of rotatable bonds is 9. The van der Waals surface area contributed by atoms with E-state index in [1.807, 2.05) is 32.9 Å².